The van der Waals surface area contributed by atoms with Gasteiger partial charge in [-0.25, -0.2) is 0 Å². The van der Waals surface area contributed by atoms with Crippen LogP contribution in [-0.4, -0.2) is 27.4 Å². The largest absolute Gasteiger partial charge is 1.00 e. The summed E-state index contributed by atoms with van der Waals surface area (Å²) in [5.74, 6) is -2.44. The zero-order valence-corrected chi connectivity index (χ0v) is 7.69. The van der Waals surface area contributed by atoms with Crippen LogP contribution in [0.1, 0.15) is 6.42 Å². The third-order valence-electron chi connectivity index (χ3n) is 0.635. The van der Waals surface area contributed by atoms with E-state index in [0.717, 1.165) is 0 Å². The molecule has 2 N–H and O–H groups in total. The molecule has 0 spiro atoms. The number of carboxylic acids is 2. The normalized spacial score (nSPS) is 11.3. The van der Waals surface area contributed by atoms with Crippen LogP contribution in [0.2, 0.25) is 0 Å². The molecule has 0 saturated heterocycles. The molecule has 6 heteroatoms. The number of hydrogen-bond acceptors (Lipinski definition) is 3. The molecule has 0 saturated carbocycles. The molecule has 0 aliphatic carbocycles. The first kappa shape index (κ1) is 12.7. The van der Waals surface area contributed by atoms with Crippen LogP contribution < -0.4 is 0 Å². The molecule has 0 radical (unpaired) electrons. The molecular weight excluding hydrogens is 341 g/mol. The van der Waals surface area contributed by atoms with Crippen molar-refractivity contribution in [3.63, 3.8) is 0 Å². The Morgan fingerprint density at radius 2 is 1.80 bits per heavy atom. The van der Waals surface area contributed by atoms with E-state index in [2.05, 4.69) is 12.6 Å². The molecule has 0 fully saturated rings. The zero-order chi connectivity index (χ0) is 7.44. The van der Waals surface area contributed by atoms with Crippen molar-refractivity contribution in [1.82, 2.24) is 0 Å². The Bertz CT molecular complexity index is 137. The smallest absolute Gasteiger partial charge is 0.778 e. The molecule has 10 heavy (non-hydrogen) atoms. The molecule has 0 heterocycles. The fourth-order valence-corrected chi connectivity index (χ4v) is 0.388. The van der Waals surface area contributed by atoms with E-state index in [9.17, 15) is 9.59 Å². The van der Waals surface area contributed by atoms with Crippen molar-refractivity contribution in [2.45, 2.75) is 11.7 Å². The van der Waals surface area contributed by atoms with Crippen LogP contribution in [0.5, 0.6) is 0 Å². The van der Waals surface area contributed by atoms with Gasteiger partial charge in [-0.2, -0.15) is 0 Å². The summed E-state index contributed by atoms with van der Waals surface area (Å²) in [5, 5.41) is 14.9. The van der Waals surface area contributed by atoms with Gasteiger partial charge >= 0.3 is 28.3 Å². The van der Waals surface area contributed by atoms with Crippen LogP contribution >= 0.6 is 0 Å². The average molecular weight is 346 g/mol. The van der Waals surface area contributed by atoms with Crippen LogP contribution in [0.3, 0.4) is 0 Å². The molecule has 0 unspecified atom stereocenters. The summed E-state index contributed by atoms with van der Waals surface area (Å²) in [6, 6.07) is 0. The van der Waals surface area contributed by atoms with Crippen LogP contribution in [0.25, 0.3) is 0 Å². The van der Waals surface area contributed by atoms with Gasteiger partial charge in [-0.05, 0) is 0 Å². The maximum absolute atomic E-state index is 9.87. The second-order valence-corrected chi connectivity index (χ2v) is 1.99. The van der Waals surface area contributed by atoms with Gasteiger partial charge in [-0.1, -0.05) is 5.25 Å². The van der Waals surface area contributed by atoms with Gasteiger partial charge in [0, 0.05) is 6.42 Å². The van der Waals surface area contributed by atoms with Crippen molar-refractivity contribution in [2.24, 2.45) is 0 Å². The molecule has 0 aliphatic rings. The summed E-state index contributed by atoms with van der Waals surface area (Å²) < 4.78 is 0. The van der Waals surface area contributed by atoms with Crippen molar-refractivity contribution in [3.8, 4) is 0 Å². The average Bonchev–Trinajstić information content (AvgIpc) is 1.63. The van der Waals surface area contributed by atoms with Crippen LogP contribution in [-0.2, 0) is 44.6 Å². The second kappa shape index (κ2) is 5.79. The van der Waals surface area contributed by atoms with E-state index in [-0.39, 0.29) is 22.4 Å². The number of carbonyl (C=O) groups is 2. The number of aliphatic carboxylic acids is 2. The Labute approximate surface area is 78.5 Å². The molecular formula is C4H5AuO4S. The van der Waals surface area contributed by atoms with Gasteiger partial charge in [0.2, 0.25) is 0 Å². The predicted molar refractivity (Wildman–Crippen MR) is 31.0 cm³/mol. The van der Waals surface area contributed by atoms with Crippen molar-refractivity contribution >= 4 is 24.6 Å². The van der Waals surface area contributed by atoms with Crippen LogP contribution in [0, 0.1) is 0 Å². The van der Waals surface area contributed by atoms with E-state index >= 15 is 0 Å². The van der Waals surface area contributed by atoms with Gasteiger partial charge < -0.3 is 22.8 Å². The fraction of sp³-hybridized carbons (Fsp3) is 0.500. The third-order valence-corrected chi connectivity index (χ3v) is 1.00. The summed E-state index contributed by atoms with van der Waals surface area (Å²) in [6.07, 6.45) is -0.495. The number of hydrogen-bond donors (Lipinski definition) is 2. The van der Waals surface area contributed by atoms with Crippen LogP contribution in [0.4, 0.5) is 0 Å². The summed E-state index contributed by atoms with van der Waals surface area (Å²) in [7, 11) is 0. The second-order valence-electron chi connectivity index (χ2n) is 1.42. The van der Waals surface area contributed by atoms with E-state index in [0.29, 0.717) is 0 Å². The quantitative estimate of drug-likeness (QED) is 0.530. The monoisotopic (exact) mass is 346 g/mol. The summed E-state index contributed by atoms with van der Waals surface area (Å²) in [5.41, 5.74) is 0. The van der Waals surface area contributed by atoms with Crippen molar-refractivity contribution in [1.29, 1.82) is 0 Å². The van der Waals surface area contributed by atoms with E-state index in [1.807, 2.05) is 0 Å². The third kappa shape index (κ3) is 6.15. The Morgan fingerprint density at radius 3 is 1.90 bits per heavy atom. The Hall–Kier alpha value is 0.0303. The molecule has 0 rings (SSSR count). The SMILES string of the molecule is O=C(O)C[C@H]([S-])C(=O)O.[Au+]. The molecule has 62 valence electrons. The van der Waals surface area contributed by atoms with Gasteiger partial charge in [0.05, 0.1) is 0 Å². The maximum Gasteiger partial charge on any atom is 1.00 e. The molecule has 0 amide bonds. The fourth-order valence-electron chi connectivity index (χ4n) is 0.246. The molecule has 0 aliphatic heterocycles. The molecule has 0 aromatic rings. The molecule has 0 aromatic heterocycles. The van der Waals surface area contributed by atoms with E-state index < -0.39 is 23.6 Å². The van der Waals surface area contributed by atoms with Gasteiger partial charge in [-0.3, -0.25) is 9.59 Å². The number of rotatable bonds is 3. The first-order chi connectivity index (χ1) is 4.04. The van der Waals surface area contributed by atoms with Crippen molar-refractivity contribution < 1.29 is 42.2 Å². The minimum atomic E-state index is -1.26. The number of carboxylic acid groups (broad SMARTS) is 2. The van der Waals surface area contributed by atoms with Gasteiger partial charge in [0.15, 0.2) is 0 Å². The standard InChI is InChI=1S/C4H6O4S.Au/c5-3(6)1-2(9)4(7)8;/h2,9H,1H2,(H,5,6)(H,7,8);/q;+1/p-1/t2-;/m0./s1. The van der Waals surface area contributed by atoms with Gasteiger partial charge in [0.1, 0.15) is 0 Å². The maximum atomic E-state index is 9.87. The van der Waals surface area contributed by atoms with Gasteiger partial charge in [0.25, 0.3) is 5.97 Å². The molecule has 4 nitrogen and oxygen atoms in total. The van der Waals surface area contributed by atoms with Gasteiger partial charge in [-0.15, -0.1) is 0 Å². The van der Waals surface area contributed by atoms with E-state index in [1.54, 1.807) is 0 Å². The molecule has 0 aromatic carbocycles. The van der Waals surface area contributed by atoms with E-state index in [4.69, 9.17) is 10.2 Å². The minimum absolute atomic E-state index is 0. The first-order valence-electron chi connectivity index (χ1n) is 2.14. The zero-order valence-electron chi connectivity index (χ0n) is 4.71. The summed E-state index contributed by atoms with van der Waals surface area (Å²) >= 11 is 4.26. The molecule has 1 atom stereocenters. The minimum Gasteiger partial charge on any atom is -0.778 e. The predicted octanol–water partition coefficient (Wildman–Crippen LogP) is -0.541. The topological polar surface area (TPSA) is 74.6 Å². The summed E-state index contributed by atoms with van der Waals surface area (Å²) in [6.45, 7) is 0. The molecule has 0 bridgehead atoms. The van der Waals surface area contributed by atoms with Crippen molar-refractivity contribution in [3.05, 3.63) is 0 Å². The Balaban J connectivity index is 0. The van der Waals surface area contributed by atoms with Crippen LogP contribution in [0.15, 0.2) is 0 Å². The Kier molecular flexibility index (Phi) is 7.34. The van der Waals surface area contributed by atoms with E-state index in [1.165, 1.54) is 0 Å². The summed E-state index contributed by atoms with van der Waals surface area (Å²) in [4.78, 5) is 19.7. The Morgan fingerprint density at radius 1 is 1.40 bits per heavy atom. The van der Waals surface area contributed by atoms with Crippen molar-refractivity contribution in [2.75, 3.05) is 0 Å². The first-order valence-corrected chi connectivity index (χ1v) is 2.61.